The monoisotopic (exact) mass is 314 g/mol. The molecule has 1 N–H and O–H groups in total. The largest absolute Gasteiger partial charge is 0.340 e. The van der Waals surface area contributed by atoms with Crippen molar-refractivity contribution in [1.29, 1.82) is 0 Å². The topological polar surface area (TPSA) is 75.9 Å². The number of anilines is 2. The van der Waals surface area contributed by atoms with Crippen LogP contribution in [0.1, 0.15) is 24.2 Å². The van der Waals surface area contributed by atoms with E-state index < -0.39 is 0 Å². The minimum Gasteiger partial charge on any atom is -0.340 e. The quantitative estimate of drug-likeness (QED) is 0.933. The van der Waals surface area contributed by atoms with E-state index in [0.717, 1.165) is 36.7 Å². The van der Waals surface area contributed by atoms with Crippen molar-refractivity contribution in [3.05, 3.63) is 29.7 Å². The first-order chi connectivity index (χ1) is 11.0. The Labute approximate surface area is 135 Å². The molecule has 1 amide bonds. The van der Waals surface area contributed by atoms with Crippen LogP contribution in [0.25, 0.3) is 0 Å². The smallest absolute Gasteiger partial charge is 0.230 e. The van der Waals surface area contributed by atoms with Gasteiger partial charge in [0.2, 0.25) is 11.9 Å². The van der Waals surface area contributed by atoms with Crippen LogP contribution in [-0.2, 0) is 11.8 Å². The van der Waals surface area contributed by atoms with E-state index in [4.69, 9.17) is 0 Å². The molecule has 23 heavy (non-hydrogen) atoms. The molecule has 0 saturated carbocycles. The summed E-state index contributed by atoms with van der Waals surface area (Å²) in [6, 6.07) is 3.75. The molecule has 1 aliphatic heterocycles. The van der Waals surface area contributed by atoms with Crippen LogP contribution in [-0.4, -0.2) is 38.7 Å². The summed E-state index contributed by atoms with van der Waals surface area (Å²) < 4.78 is 1.67. The van der Waals surface area contributed by atoms with Gasteiger partial charge in [0.1, 0.15) is 0 Å². The fourth-order valence-corrected chi connectivity index (χ4v) is 2.93. The number of carbonyl (C=O) groups excluding carboxylic acids is 1. The molecule has 0 bridgehead atoms. The van der Waals surface area contributed by atoms with Crippen molar-refractivity contribution in [3.63, 3.8) is 0 Å². The van der Waals surface area contributed by atoms with Gasteiger partial charge in [0, 0.05) is 43.8 Å². The summed E-state index contributed by atoms with van der Waals surface area (Å²) in [7, 11) is 1.83. The van der Waals surface area contributed by atoms with Crippen molar-refractivity contribution in [1.82, 2.24) is 19.7 Å². The Morgan fingerprint density at radius 1 is 1.30 bits per heavy atom. The maximum Gasteiger partial charge on any atom is 0.230 e. The van der Waals surface area contributed by atoms with Crippen molar-refractivity contribution >= 4 is 17.7 Å². The normalized spacial score (nSPS) is 18.0. The fraction of sp³-hybridized carbons (Fsp3) is 0.500. The van der Waals surface area contributed by atoms with Crippen molar-refractivity contribution in [2.45, 2.75) is 26.7 Å². The van der Waals surface area contributed by atoms with Crippen LogP contribution in [0.5, 0.6) is 0 Å². The number of piperidine rings is 1. The molecular weight excluding hydrogens is 292 g/mol. The van der Waals surface area contributed by atoms with Gasteiger partial charge in [0.05, 0.1) is 5.92 Å². The van der Waals surface area contributed by atoms with Crippen LogP contribution < -0.4 is 10.2 Å². The predicted molar refractivity (Wildman–Crippen MR) is 88.3 cm³/mol. The number of hydrogen-bond acceptors (Lipinski definition) is 5. The summed E-state index contributed by atoms with van der Waals surface area (Å²) in [5.74, 6) is 1.25. The average Bonchev–Trinajstić information content (AvgIpc) is 2.91. The lowest BCUT2D eigenvalue weighted by Crippen LogP contribution is -2.41. The second kappa shape index (κ2) is 6.36. The van der Waals surface area contributed by atoms with Gasteiger partial charge in [-0.2, -0.15) is 5.10 Å². The zero-order valence-electron chi connectivity index (χ0n) is 13.8. The molecule has 0 aliphatic carbocycles. The van der Waals surface area contributed by atoms with Gasteiger partial charge in [-0.1, -0.05) is 0 Å². The maximum atomic E-state index is 12.5. The van der Waals surface area contributed by atoms with Gasteiger partial charge in [-0.3, -0.25) is 9.48 Å². The fourth-order valence-electron chi connectivity index (χ4n) is 2.93. The first kappa shape index (κ1) is 15.5. The summed E-state index contributed by atoms with van der Waals surface area (Å²) in [5, 5.41) is 7.08. The third-order valence-electron chi connectivity index (χ3n) is 4.01. The van der Waals surface area contributed by atoms with Crippen molar-refractivity contribution < 1.29 is 4.79 Å². The molecule has 1 atom stereocenters. The summed E-state index contributed by atoms with van der Waals surface area (Å²) >= 11 is 0. The molecule has 0 spiro atoms. The molecule has 3 rings (SSSR count). The van der Waals surface area contributed by atoms with Gasteiger partial charge < -0.3 is 10.2 Å². The Bertz CT molecular complexity index is 690. The molecule has 1 aliphatic rings. The number of aromatic nitrogens is 4. The van der Waals surface area contributed by atoms with Gasteiger partial charge in [-0.05, 0) is 32.8 Å². The van der Waals surface area contributed by atoms with Crippen LogP contribution in [0.4, 0.5) is 11.8 Å². The molecule has 1 saturated heterocycles. The van der Waals surface area contributed by atoms with Gasteiger partial charge in [0.25, 0.3) is 0 Å². The molecule has 2 aromatic rings. The third-order valence-corrected chi connectivity index (χ3v) is 4.01. The number of amides is 1. The van der Waals surface area contributed by atoms with Crippen molar-refractivity contribution in [2.75, 3.05) is 23.3 Å². The predicted octanol–water partition coefficient (Wildman–Crippen LogP) is 1.68. The molecule has 3 heterocycles. The molecule has 0 aromatic carbocycles. The summed E-state index contributed by atoms with van der Waals surface area (Å²) in [4.78, 5) is 23.6. The molecule has 2 aromatic heterocycles. The Hall–Kier alpha value is -2.44. The molecule has 0 radical (unpaired) electrons. The highest BCUT2D eigenvalue weighted by molar-refractivity contribution is 5.92. The van der Waals surface area contributed by atoms with E-state index in [1.807, 2.05) is 33.2 Å². The highest BCUT2D eigenvalue weighted by atomic mass is 16.2. The molecule has 7 heteroatoms. The lowest BCUT2D eigenvalue weighted by molar-refractivity contribution is -0.120. The standard InChI is InChI=1S/C16H22N6O/c1-11-9-12(2)18-16(17-11)22-7-4-5-13(10-22)15(23)19-14-6-8-21(3)20-14/h6,8-9,13H,4-5,7,10H2,1-3H3,(H,19,20,23). The number of hydrogen-bond donors (Lipinski definition) is 1. The average molecular weight is 314 g/mol. The van der Waals surface area contributed by atoms with E-state index in [1.165, 1.54) is 0 Å². The first-order valence-electron chi connectivity index (χ1n) is 7.89. The molecule has 1 unspecified atom stereocenters. The van der Waals surface area contributed by atoms with E-state index in [9.17, 15) is 4.79 Å². The molecular formula is C16H22N6O. The minimum absolute atomic E-state index is 0.0118. The Morgan fingerprint density at radius 2 is 2.04 bits per heavy atom. The summed E-state index contributed by atoms with van der Waals surface area (Å²) in [6.45, 7) is 5.46. The van der Waals surface area contributed by atoms with E-state index in [2.05, 4.69) is 25.3 Å². The second-order valence-corrected chi connectivity index (χ2v) is 6.10. The van der Waals surface area contributed by atoms with E-state index >= 15 is 0 Å². The van der Waals surface area contributed by atoms with Crippen molar-refractivity contribution in [3.8, 4) is 0 Å². The summed E-state index contributed by atoms with van der Waals surface area (Å²) in [5.41, 5.74) is 1.90. The van der Waals surface area contributed by atoms with E-state index in [1.54, 1.807) is 10.7 Å². The van der Waals surface area contributed by atoms with Crippen LogP contribution in [0.15, 0.2) is 18.3 Å². The van der Waals surface area contributed by atoms with Gasteiger partial charge >= 0.3 is 0 Å². The van der Waals surface area contributed by atoms with Crippen LogP contribution in [0, 0.1) is 19.8 Å². The number of nitrogens with one attached hydrogen (secondary N) is 1. The zero-order chi connectivity index (χ0) is 16.4. The zero-order valence-corrected chi connectivity index (χ0v) is 13.8. The molecule has 1 fully saturated rings. The van der Waals surface area contributed by atoms with Crippen LogP contribution in [0.2, 0.25) is 0 Å². The highest BCUT2D eigenvalue weighted by Crippen LogP contribution is 2.22. The van der Waals surface area contributed by atoms with Gasteiger partial charge in [0.15, 0.2) is 5.82 Å². The number of nitrogens with zero attached hydrogens (tertiary/aromatic N) is 5. The molecule has 7 nitrogen and oxygen atoms in total. The maximum absolute atomic E-state index is 12.5. The van der Waals surface area contributed by atoms with E-state index in [0.29, 0.717) is 12.4 Å². The Morgan fingerprint density at radius 3 is 2.70 bits per heavy atom. The number of aryl methyl sites for hydroxylation is 3. The lowest BCUT2D eigenvalue weighted by Gasteiger charge is -2.32. The Balaban J connectivity index is 1.69. The van der Waals surface area contributed by atoms with Crippen LogP contribution in [0.3, 0.4) is 0 Å². The summed E-state index contributed by atoms with van der Waals surface area (Å²) in [6.07, 6.45) is 3.64. The minimum atomic E-state index is -0.0739. The lowest BCUT2D eigenvalue weighted by atomic mass is 9.97. The van der Waals surface area contributed by atoms with Crippen molar-refractivity contribution in [2.24, 2.45) is 13.0 Å². The van der Waals surface area contributed by atoms with Crippen LogP contribution >= 0.6 is 0 Å². The van der Waals surface area contributed by atoms with Gasteiger partial charge in [-0.15, -0.1) is 0 Å². The number of carbonyl (C=O) groups is 1. The first-order valence-corrected chi connectivity index (χ1v) is 7.89. The highest BCUT2D eigenvalue weighted by Gasteiger charge is 2.27. The van der Waals surface area contributed by atoms with E-state index in [-0.39, 0.29) is 11.8 Å². The number of rotatable bonds is 3. The molecule has 122 valence electrons. The third kappa shape index (κ3) is 3.67. The Kier molecular flexibility index (Phi) is 4.27. The second-order valence-electron chi connectivity index (χ2n) is 6.10. The van der Waals surface area contributed by atoms with Gasteiger partial charge in [-0.25, -0.2) is 9.97 Å². The SMILES string of the molecule is Cc1cc(C)nc(N2CCCC(C(=O)Nc3ccn(C)n3)C2)n1.